The molecule has 9 heteroatoms. The normalized spacial score (nSPS) is 18.4. The van der Waals surface area contributed by atoms with Gasteiger partial charge in [-0.25, -0.2) is 8.42 Å². The van der Waals surface area contributed by atoms with Gasteiger partial charge in [0.05, 0.1) is 39.5 Å². The summed E-state index contributed by atoms with van der Waals surface area (Å²) in [5, 5.41) is 2.90. The third-order valence-corrected chi connectivity index (χ3v) is 4.29. The van der Waals surface area contributed by atoms with Gasteiger partial charge in [0.1, 0.15) is 13.1 Å². The molecule has 1 saturated heterocycles. The number of morpholine rings is 1. The molecule has 1 heterocycles. The largest absolute Gasteiger partial charge is 0.726 e. The van der Waals surface area contributed by atoms with Crippen LogP contribution >= 0.6 is 0 Å². The molecule has 0 bridgehead atoms. The van der Waals surface area contributed by atoms with Crippen LogP contribution in [0.15, 0.2) is 0 Å². The van der Waals surface area contributed by atoms with Crippen LogP contribution in [0.2, 0.25) is 0 Å². The lowest BCUT2D eigenvalue weighted by Crippen LogP contribution is -2.58. The van der Waals surface area contributed by atoms with Gasteiger partial charge in [0, 0.05) is 12.3 Å². The van der Waals surface area contributed by atoms with Crippen LogP contribution in [0.1, 0.15) is 20.3 Å². The molecule has 0 saturated carbocycles. The second kappa shape index (κ2) is 8.78. The molecule has 0 atom stereocenters. The average molecular weight is 338 g/mol. The molecule has 1 amide bonds. The van der Waals surface area contributed by atoms with Gasteiger partial charge in [-0.3, -0.25) is 8.98 Å². The Morgan fingerprint density at radius 1 is 1.32 bits per heavy atom. The number of hydrogen-bond acceptors (Lipinski definition) is 6. The molecule has 0 radical (unpaired) electrons. The summed E-state index contributed by atoms with van der Waals surface area (Å²) in [5.74, 6) is -0.0269. The highest BCUT2D eigenvalue weighted by Gasteiger charge is 2.29. The SMILES string of the molecule is CC(C)C(=O)NCC[N+]1(CCCOS(=O)(=O)[O-])CCOCC1. The summed E-state index contributed by atoms with van der Waals surface area (Å²) in [6.07, 6.45) is 0.472. The number of nitrogens with zero attached hydrogens (tertiary/aromatic N) is 1. The van der Waals surface area contributed by atoms with Crippen LogP contribution in [0.3, 0.4) is 0 Å². The van der Waals surface area contributed by atoms with Crippen molar-refractivity contribution in [2.24, 2.45) is 5.92 Å². The van der Waals surface area contributed by atoms with Crippen molar-refractivity contribution in [3.05, 3.63) is 0 Å². The number of nitrogens with one attached hydrogen (secondary N) is 1. The van der Waals surface area contributed by atoms with Crippen LogP contribution in [0.4, 0.5) is 0 Å². The summed E-state index contributed by atoms with van der Waals surface area (Å²) in [4.78, 5) is 11.6. The van der Waals surface area contributed by atoms with E-state index in [0.717, 1.165) is 24.1 Å². The maximum atomic E-state index is 11.6. The molecule has 1 rings (SSSR count). The van der Waals surface area contributed by atoms with Crippen LogP contribution in [0.5, 0.6) is 0 Å². The van der Waals surface area contributed by atoms with Gasteiger partial charge in [-0.05, 0) is 0 Å². The van der Waals surface area contributed by atoms with Gasteiger partial charge in [-0.15, -0.1) is 0 Å². The number of ether oxygens (including phenoxy) is 1. The predicted octanol–water partition coefficient (Wildman–Crippen LogP) is -0.527. The van der Waals surface area contributed by atoms with E-state index in [1.165, 1.54) is 0 Å². The van der Waals surface area contributed by atoms with Crippen molar-refractivity contribution < 1.29 is 31.2 Å². The molecule has 1 aliphatic rings. The summed E-state index contributed by atoms with van der Waals surface area (Å²) in [6, 6.07) is 0. The number of carbonyl (C=O) groups excluding carboxylic acids is 1. The van der Waals surface area contributed by atoms with E-state index < -0.39 is 10.4 Å². The fourth-order valence-corrected chi connectivity index (χ4v) is 2.79. The Balaban J connectivity index is 2.42. The van der Waals surface area contributed by atoms with Gasteiger partial charge in [-0.1, -0.05) is 13.8 Å². The van der Waals surface area contributed by atoms with Gasteiger partial charge in [0.15, 0.2) is 0 Å². The van der Waals surface area contributed by atoms with Gasteiger partial charge in [0.2, 0.25) is 16.3 Å². The van der Waals surface area contributed by atoms with Crippen molar-refractivity contribution in [1.29, 1.82) is 0 Å². The van der Waals surface area contributed by atoms with E-state index in [2.05, 4.69) is 9.50 Å². The van der Waals surface area contributed by atoms with Crippen LogP contribution in [-0.2, 0) is 24.1 Å². The average Bonchev–Trinajstić information content (AvgIpc) is 2.43. The number of hydrogen-bond donors (Lipinski definition) is 1. The molecule has 22 heavy (non-hydrogen) atoms. The lowest BCUT2D eigenvalue weighted by molar-refractivity contribution is -0.934. The first-order valence-corrected chi connectivity index (χ1v) is 8.88. The molecule has 0 aromatic heterocycles. The highest BCUT2D eigenvalue weighted by atomic mass is 32.3. The van der Waals surface area contributed by atoms with Gasteiger partial charge < -0.3 is 19.1 Å². The molecule has 0 aliphatic carbocycles. The summed E-state index contributed by atoms with van der Waals surface area (Å²) < 4.78 is 41.6. The van der Waals surface area contributed by atoms with Gasteiger partial charge >= 0.3 is 0 Å². The minimum atomic E-state index is -4.62. The standard InChI is InChI=1S/C13H26N2O6S/c1-12(2)13(16)14-4-6-15(7-10-20-11-8-15)5-3-9-21-22(17,18)19/h12H,3-11H2,1-2H3,(H-,14,16,17,18,19). The van der Waals surface area contributed by atoms with Crippen LogP contribution in [-0.4, -0.2) is 75.9 Å². The minimum Gasteiger partial charge on any atom is -0.726 e. The Labute approximate surface area is 132 Å². The lowest BCUT2D eigenvalue weighted by Gasteiger charge is -2.41. The van der Waals surface area contributed by atoms with Crippen LogP contribution in [0, 0.1) is 5.92 Å². The minimum absolute atomic E-state index is 0.0205. The summed E-state index contributed by atoms with van der Waals surface area (Å²) in [6.45, 7) is 8.48. The van der Waals surface area contributed by atoms with Crippen molar-refractivity contribution in [3.8, 4) is 0 Å². The monoisotopic (exact) mass is 338 g/mol. The van der Waals surface area contributed by atoms with E-state index >= 15 is 0 Å². The Bertz CT molecular complexity index is 445. The molecule has 1 fully saturated rings. The van der Waals surface area contributed by atoms with E-state index in [0.29, 0.717) is 32.7 Å². The third kappa shape index (κ3) is 7.50. The van der Waals surface area contributed by atoms with E-state index in [1.54, 1.807) is 0 Å². The predicted molar refractivity (Wildman–Crippen MR) is 78.7 cm³/mol. The second-order valence-corrected chi connectivity index (χ2v) is 6.93. The second-order valence-electron chi connectivity index (χ2n) is 5.88. The number of rotatable bonds is 9. The fraction of sp³-hybridized carbons (Fsp3) is 0.923. The molecular formula is C13H26N2O6S. The third-order valence-electron chi connectivity index (χ3n) is 3.83. The zero-order valence-corrected chi connectivity index (χ0v) is 14.1. The molecule has 1 N–H and O–H groups in total. The Hall–Kier alpha value is -0.740. The summed E-state index contributed by atoms with van der Waals surface area (Å²) >= 11 is 0. The maximum absolute atomic E-state index is 11.6. The first-order valence-electron chi connectivity index (χ1n) is 7.55. The summed E-state index contributed by atoms with van der Waals surface area (Å²) in [5.41, 5.74) is 0. The van der Waals surface area contributed by atoms with Crippen LogP contribution in [0.25, 0.3) is 0 Å². The molecule has 0 spiro atoms. The van der Waals surface area contributed by atoms with Gasteiger partial charge in [-0.2, -0.15) is 0 Å². The first kappa shape index (κ1) is 19.3. The number of quaternary nitrogens is 1. The molecule has 130 valence electrons. The van der Waals surface area contributed by atoms with E-state index in [1.807, 2.05) is 13.8 Å². The van der Waals surface area contributed by atoms with Gasteiger partial charge in [0.25, 0.3) is 0 Å². The Morgan fingerprint density at radius 2 is 1.95 bits per heavy atom. The zero-order valence-electron chi connectivity index (χ0n) is 13.2. The molecule has 0 unspecified atom stereocenters. The quantitative estimate of drug-likeness (QED) is 0.262. The Morgan fingerprint density at radius 3 is 2.50 bits per heavy atom. The van der Waals surface area contributed by atoms with Crippen molar-refractivity contribution in [2.75, 3.05) is 52.5 Å². The topological polar surface area (TPSA) is 105 Å². The molecular weight excluding hydrogens is 312 g/mol. The first-order chi connectivity index (χ1) is 10.2. The molecule has 0 aromatic rings. The number of carbonyl (C=O) groups is 1. The molecule has 0 aromatic carbocycles. The molecule has 1 aliphatic heterocycles. The Kier molecular flexibility index (Phi) is 7.70. The lowest BCUT2D eigenvalue weighted by atomic mass is 10.2. The van der Waals surface area contributed by atoms with Crippen molar-refractivity contribution >= 4 is 16.3 Å². The van der Waals surface area contributed by atoms with E-state index in [-0.39, 0.29) is 18.4 Å². The maximum Gasteiger partial charge on any atom is 0.222 e. The van der Waals surface area contributed by atoms with E-state index in [9.17, 15) is 17.8 Å². The van der Waals surface area contributed by atoms with E-state index in [4.69, 9.17) is 4.74 Å². The fourth-order valence-electron chi connectivity index (χ4n) is 2.47. The van der Waals surface area contributed by atoms with Crippen LogP contribution < -0.4 is 5.32 Å². The van der Waals surface area contributed by atoms with Crippen molar-refractivity contribution in [2.45, 2.75) is 20.3 Å². The van der Waals surface area contributed by atoms with Crippen molar-refractivity contribution in [3.63, 3.8) is 0 Å². The highest BCUT2D eigenvalue weighted by Crippen LogP contribution is 2.12. The highest BCUT2D eigenvalue weighted by molar-refractivity contribution is 7.80. The van der Waals surface area contributed by atoms with Crippen molar-refractivity contribution in [1.82, 2.24) is 5.32 Å². The number of amides is 1. The molecule has 8 nitrogen and oxygen atoms in total. The summed E-state index contributed by atoms with van der Waals surface area (Å²) in [7, 11) is -4.62. The zero-order chi connectivity index (χ0) is 16.6. The smallest absolute Gasteiger partial charge is 0.222 e.